The molecule has 3 rings (SSSR count). The summed E-state index contributed by atoms with van der Waals surface area (Å²) in [4.78, 5) is 24.8. The number of rotatable bonds is 5. The van der Waals surface area contributed by atoms with Crippen LogP contribution in [0, 0.1) is 0 Å². The van der Waals surface area contributed by atoms with Crippen molar-refractivity contribution in [1.29, 1.82) is 0 Å². The highest BCUT2D eigenvalue weighted by Crippen LogP contribution is 2.17. The fraction of sp³-hybridized carbons (Fsp3) is 0.500. The van der Waals surface area contributed by atoms with Gasteiger partial charge in [-0.3, -0.25) is 20.0 Å². The monoisotopic (exact) mass is 330 g/mol. The molecule has 0 radical (unpaired) electrons. The smallest absolute Gasteiger partial charge is 0.240 e. The number of carbonyl (C=O) groups is 1. The van der Waals surface area contributed by atoms with Crippen molar-refractivity contribution in [3.63, 3.8) is 0 Å². The summed E-state index contributed by atoms with van der Waals surface area (Å²) in [5.41, 5.74) is 0.836. The second-order valence-electron chi connectivity index (χ2n) is 6.15. The molecule has 0 unspecified atom stereocenters. The highest BCUT2D eigenvalue weighted by Gasteiger charge is 2.20. The lowest BCUT2D eigenvalue weighted by molar-refractivity contribution is -0.117. The van der Waals surface area contributed by atoms with Crippen molar-refractivity contribution in [1.82, 2.24) is 20.0 Å². The predicted octanol–water partition coefficient (Wildman–Crippen LogP) is 1.35. The number of carbonyl (C=O) groups excluding carboxylic acids is 1. The zero-order valence-corrected chi connectivity index (χ0v) is 14.0. The second kappa shape index (κ2) is 7.39. The molecule has 0 saturated carbocycles. The summed E-state index contributed by atoms with van der Waals surface area (Å²) < 4.78 is 5.14. The Balaban J connectivity index is 1.46. The Hall–Kier alpha value is -2.48. The number of anilines is 2. The molecule has 0 aliphatic carbocycles. The maximum absolute atomic E-state index is 12.1. The van der Waals surface area contributed by atoms with Gasteiger partial charge in [0.15, 0.2) is 0 Å². The van der Waals surface area contributed by atoms with Gasteiger partial charge in [-0.2, -0.15) is 0 Å². The minimum atomic E-state index is -0.0885. The van der Waals surface area contributed by atoms with Crippen LogP contribution in [0.25, 0.3) is 0 Å². The van der Waals surface area contributed by atoms with Crippen LogP contribution in [0.5, 0.6) is 0 Å². The molecular weight excluding hydrogens is 308 g/mol. The molecule has 24 heavy (non-hydrogen) atoms. The second-order valence-corrected chi connectivity index (χ2v) is 6.15. The van der Waals surface area contributed by atoms with Gasteiger partial charge >= 0.3 is 0 Å². The van der Waals surface area contributed by atoms with Crippen molar-refractivity contribution in [3.8, 4) is 0 Å². The van der Waals surface area contributed by atoms with Crippen molar-refractivity contribution >= 4 is 17.6 Å². The van der Waals surface area contributed by atoms with Crippen LogP contribution in [-0.2, 0) is 4.79 Å². The van der Waals surface area contributed by atoms with Gasteiger partial charge in [0.25, 0.3) is 0 Å². The molecule has 1 saturated heterocycles. The minimum Gasteiger partial charge on any atom is -0.353 e. The fourth-order valence-corrected chi connectivity index (χ4v) is 2.59. The lowest BCUT2D eigenvalue weighted by Gasteiger charge is -2.34. The normalized spacial score (nSPS) is 15.7. The van der Waals surface area contributed by atoms with Crippen LogP contribution in [0.15, 0.2) is 29.2 Å². The molecule has 1 fully saturated rings. The number of nitrogens with zero attached hydrogens (tertiary/aromatic N) is 5. The Morgan fingerprint density at radius 3 is 2.71 bits per heavy atom. The van der Waals surface area contributed by atoms with Gasteiger partial charge in [0.2, 0.25) is 11.8 Å². The minimum absolute atomic E-state index is 0.0885. The molecule has 0 aromatic carbocycles. The van der Waals surface area contributed by atoms with Gasteiger partial charge in [0.05, 0.1) is 18.4 Å². The third-order valence-corrected chi connectivity index (χ3v) is 4.00. The van der Waals surface area contributed by atoms with Crippen LogP contribution in [0.2, 0.25) is 0 Å². The van der Waals surface area contributed by atoms with E-state index in [4.69, 9.17) is 4.52 Å². The Morgan fingerprint density at radius 1 is 1.29 bits per heavy atom. The van der Waals surface area contributed by atoms with E-state index in [0.717, 1.165) is 37.7 Å². The van der Waals surface area contributed by atoms with Crippen molar-refractivity contribution < 1.29 is 9.32 Å². The fourth-order valence-electron chi connectivity index (χ4n) is 2.59. The highest BCUT2D eigenvalue weighted by atomic mass is 16.5. The molecule has 128 valence electrons. The number of aromatic nitrogens is 3. The van der Waals surface area contributed by atoms with Crippen LogP contribution < -0.4 is 10.2 Å². The summed E-state index contributed by atoms with van der Waals surface area (Å²) in [5, 5.41) is 6.70. The first-order valence-electron chi connectivity index (χ1n) is 8.11. The maximum Gasteiger partial charge on any atom is 0.240 e. The Bertz CT molecular complexity index is 664. The highest BCUT2D eigenvalue weighted by molar-refractivity contribution is 5.91. The van der Waals surface area contributed by atoms with Crippen LogP contribution in [0.4, 0.5) is 11.7 Å². The molecule has 3 heterocycles. The number of piperazine rings is 1. The number of hydrogen-bond acceptors (Lipinski definition) is 7. The van der Waals surface area contributed by atoms with Gasteiger partial charge < -0.3 is 9.42 Å². The first-order chi connectivity index (χ1) is 11.6. The van der Waals surface area contributed by atoms with Gasteiger partial charge in [-0.05, 0) is 5.92 Å². The third-order valence-electron chi connectivity index (χ3n) is 4.00. The van der Waals surface area contributed by atoms with E-state index in [0.29, 0.717) is 12.4 Å². The first-order valence-corrected chi connectivity index (χ1v) is 8.11. The van der Waals surface area contributed by atoms with Gasteiger partial charge in [-0.1, -0.05) is 19.0 Å². The standard InChI is InChI=1S/C16H22N6O2/c1-12(2)13-9-16(24-20-13)19-15(23)11-21-5-7-22(8-6-21)14-10-17-3-4-18-14/h3-4,9-10,12H,5-8,11H2,1-2H3,(H,19,23). The van der Waals surface area contributed by atoms with Gasteiger partial charge in [0.1, 0.15) is 5.82 Å². The van der Waals surface area contributed by atoms with E-state index in [-0.39, 0.29) is 11.8 Å². The Labute approximate surface area is 140 Å². The largest absolute Gasteiger partial charge is 0.353 e. The summed E-state index contributed by atoms with van der Waals surface area (Å²) in [6.07, 6.45) is 5.12. The number of hydrogen-bond donors (Lipinski definition) is 1. The van der Waals surface area contributed by atoms with Crippen LogP contribution in [0.1, 0.15) is 25.5 Å². The molecule has 8 heteroatoms. The summed E-state index contributed by atoms with van der Waals surface area (Å²) in [6, 6.07) is 1.77. The summed E-state index contributed by atoms with van der Waals surface area (Å²) >= 11 is 0. The van der Waals surface area contributed by atoms with E-state index >= 15 is 0 Å². The van der Waals surface area contributed by atoms with Crippen molar-refractivity contribution in [2.75, 3.05) is 42.9 Å². The SMILES string of the molecule is CC(C)c1cc(NC(=O)CN2CCN(c3cnccn3)CC2)on1. The molecule has 1 aliphatic rings. The molecule has 8 nitrogen and oxygen atoms in total. The Kier molecular flexibility index (Phi) is 5.05. The summed E-state index contributed by atoms with van der Waals surface area (Å²) in [6.45, 7) is 7.65. The van der Waals surface area contributed by atoms with Crippen LogP contribution in [-0.4, -0.2) is 58.7 Å². The average molecular weight is 330 g/mol. The van der Waals surface area contributed by atoms with E-state index < -0.39 is 0 Å². The van der Waals surface area contributed by atoms with E-state index in [9.17, 15) is 4.79 Å². The van der Waals surface area contributed by atoms with Crippen molar-refractivity contribution in [2.45, 2.75) is 19.8 Å². The Morgan fingerprint density at radius 2 is 2.08 bits per heavy atom. The number of nitrogens with one attached hydrogen (secondary N) is 1. The summed E-state index contributed by atoms with van der Waals surface area (Å²) in [5.74, 6) is 1.47. The maximum atomic E-state index is 12.1. The average Bonchev–Trinajstić information content (AvgIpc) is 3.05. The molecule has 0 spiro atoms. The van der Waals surface area contributed by atoms with E-state index in [2.05, 4.69) is 30.2 Å². The predicted molar refractivity (Wildman–Crippen MR) is 89.9 cm³/mol. The lowest BCUT2D eigenvalue weighted by atomic mass is 10.1. The van der Waals surface area contributed by atoms with Gasteiger partial charge in [0, 0.05) is 44.6 Å². The third kappa shape index (κ3) is 4.08. The van der Waals surface area contributed by atoms with Gasteiger partial charge in [-0.25, -0.2) is 4.98 Å². The van der Waals surface area contributed by atoms with Crippen LogP contribution >= 0.6 is 0 Å². The first kappa shape index (κ1) is 16.4. The van der Waals surface area contributed by atoms with Crippen molar-refractivity contribution in [2.24, 2.45) is 0 Å². The molecule has 2 aromatic rings. The molecule has 0 bridgehead atoms. The van der Waals surface area contributed by atoms with Gasteiger partial charge in [-0.15, -0.1) is 0 Å². The van der Waals surface area contributed by atoms with Crippen LogP contribution in [0.3, 0.4) is 0 Å². The zero-order valence-electron chi connectivity index (χ0n) is 14.0. The summed E-state index contributed by atoms with van der Waals surface area (Å²) in [7, 11) is 0. The van der Waals surface area contributed by atoms with Crippen molar-refractivity contribution in [3.05, 3.63) is 30.4 Å². The van der Waals surface area contributed by atoms with E-state index in [1.807, 2.05) is 13.8 Å². The molecule has 1 amide bonds. The molecule has 1 aliphatic heterocycles. The molecule has 1 N–H and O–H groups in total. The topological polar surface area (TPSA) is 87.4 Å². The van der Waals surface area contributed by atoms with E-state index in [1.54, 1.807) is 24.7 Å². The van der Waals surface area contributed by atoms with E-state index in [1.165, 1.54) is 0 Å². The number of amides is 1. The molecular formula is C16H22N6O2. The quantitative estimate of drug-likeness (QED) is 0.885. The molecule has 2 aromatic heterocycles. The zero-order chi connectivity index (χ0) is 16.9. The lowest BCUT2D eigenvalue weighted by Crippen LogP contribution is -2.48. The molecule has 0 atom stereocenters.